The highest BCUT2D eigenvalue weighted by molar-refractivity contribution is 5.36. The first kappa shape index (κ1) is 12.7. The number of hydrogen-bond donors (Lipinski definition) is 1. The van der Waals surface area contributed by atoms with Crippen LogP contribution in [0, 0.1) is 23.7 Å². The Balaban J connectivity index is 2.01. The van der Waals surface area contributed by atoms with E-state index in [-0.39, 0.29) is 6.10 Å². The van der Waals surface area contributed by atoms with Crippen LogP contribution >= 0.6 is 0 Å². The summed E-state index contributed by atoms with van der Waals surface area (Å²) in [5.74, 6) is 2.55. The first-order valence-electron chi connectivity index (χ1n) is 7.17. The van der Waals surface area contributed by atoms with Gasteiger partial charge in [-0.15, -0.1) is 0 Å². The molecule has 0 aromatic heterocycles. The van der Waals surface area contributed by atoms with Gasteiger partial charge in [-0.1, -0.05) is 43.7 Å². The second-order valence-corrected chi connectivity index (χ2v) is 6.13. The monoisotopic (exact) mass is 258 g/mol. The van der Waals surface area contributed by atoms with Gasteiger partial charge in [0.1, 0.15) is 5.75 Å². The third kappa shape index (κ3) is 1.99. The number of fused-ring (bicyclic) bond motifs is 2. The number of phenolic OH excluding ortho intramolecular Hbond substituents is 1. The predicted molar refractivity (Wildman–Crippen MR) is 75.9 cm³/mol. The molecule has 2 heteroatoms. The Morgan fingerprint density at radius 2 is 1.95 bits per heavy atom. The number of phenols is 1. The molecule has 1 N–H and O–H groups in total. The Morgan fingerprint density at radius 1 is 1.21 bits per heavy atom. The van der Waals surface area contributed by atoms with Crippen molar-refractivity contribution in [1.82, 2.24) is 0 Å². The molecule has 2 aliphatic rings. The molecule has 19 heavy (non-hydrogen) atoms. The summed E-state index contributed by atoms with van der Waals surface area (Å²) in [6.07, 6.45) is 2.39. The van der Waals surface area contributed by atoms with E-state index in [0.717, 1.165) is 12.2 Å². The smallest absolute Gasteiger partial charge is 0.121 e. The molecule has 102 valence electrons. The highest BCUT2D eigenvalue weighted by Crippen LogP contribution is 2.50. The van der Waals surface area contributed by atoms with Crippen molar-refractivity contribution in [3.8, 4) is 5.75 Å². The van der Waals surface area contributed by atoms with Crippen LogP contribution in [0.5, 0.6) is 5.75 Å². The first-order valence-corrected chi connectivity index (χ1v) is 7.17. The molecule has 0 spiro atoms. The number of aromatic hydroxyl groups is 1. The largest absolute Gasteiger partial charge is 0.508 e. The lowest BCUT2D eigenvalue weighted by Crippen LogP contribution is -2.42. The van der Waals surface area contributed by atoms with E-state index in [4.69, 9.17) is 4.74 Å². The molecular formula is C17H22O2. The molecule has 1 fully saturated rings. The lowest BCUT2D eigenvalue weighted by atomic mass is 9.64. The molecule has 1 aromatic carbocycles. The van der Waals surface area contributed by atoms with Crippen LogP contribution in [0.4, 0.5) is 0 Å². The highest BCUT2D eigenvalue weighted by atomic mass is 16.5. The van der Waals surface area contributed by atoms with Crippen LogP contribution in [-0.4, -0.2) is 11.7 Å². The summed E-state index contributed by atoms with van der Waals surface area (Å²) >= 11 is 0. The van der Waals surface area contributed by atoms with Crippen LogP contribution in [0.25, 0.3) is 0 Å². The summed E-state index contributed by atoms with van der Waals surface area (Å²) in [5, 5.41) is 10.1. The third-order valence-electron chi connectivity index (χ3n) is 5.01. The Bertz CT molecular complexity index is 506. The van der Waals surface area contributed by atoms with Gasteiger partial charge in [0.15, 0.2) is 0 Å². The van der Waals surface area contributed by atoms with Gasteiger partial charge < -0.3 is 9.84 Å². The summed E-state index contributed by atoms with van der Waals surface area (Å²) in [4.78, 5) is 0. The number of benzene rings is 1. The number of para-hydroxylation sites is 1. The molecule has 0 radical (unpaired) electrons. The van der Waals surface area contributed by atoms with E-state index in [1.165, 1.54) is 5.57 Å². The van der Waals surface area contributed by atoms with E-state index < -0.39 is 0 Å². The molecule has 3 rings (SSSR count). The van der Waals surface area contributed by atoms with Crippen LogP contribution in [0.3, 0.4) is 0 Å². The normalized spacial score (nSPS) is 37.8. The maximum atomic E-state index is 10.1. The van der Waals surface area contributed by atoms with Crippen LogP contribution in [0.2, 0.25) is 0 Å². The molecule has 2 bridgehead atoms. The van der Waals surface area contributed by atoms with E-state index in [2.05, 4.69) is 26.8 Å². The molecule has 0 saturated carbocycles. The number of allylic oxidation sites excluding steroid dienone is 1. The third-order valence-corrected chi connectivity index (χ3v) is 5.01. The van der Waals surface area contributed by atoms with Gasteiger partial charge in [-0.3, -0.25) is 0 Å². The SMILES string of the molecule is CC1=C[C@@H](C)[C@@H]2CO[C@@H](c3ccccc3O)[C@@H]1[C@@H]2C. The van der Waals surface area contributed by atoms with E-state index in [1.807, 2.05) is 18.2 Å². The van der Waals surface area contributed by atoms with Crippen molar-refractivity contribution >= 4 is 0 Å². The maximum Gasteiger partial charge on any atom is 0.121 e. The minimum atomic E-state index is -0.00352. The predicted octanol–water partition coefficient (Wildman–Crippen LogP) is 3.93. The summed E-state index contributed by atoms with van der Waals surface area (Å²) in [6, 6.07) is 7.57. The number of ether oxygens (including phenoxy) is 1. The van der Waals surface area contributed by atoms with Gasteiger partial charge in [-0.2, -0.15) is 0 Å². The fourth-order valence-electron chi connectivity index (χ4n) is 3.96. The van der Waals surface area contributed by atoms with Crippen molar-refractivity contribution in [1.29, 1.82) is 0 Å². The first-order chi connectivity index (χ1) is 9.09. The quantitative estimate of drug-likeness (QED) is 0.773. The van der Waals surface area contributed by atoms with Gasteiger partial charge in [0, 0.05) is 11.5 Å². The van der Waals surface area contributed by atoms with Gasteiger partial charge in [0.25, 0.3) is 0 Å². The van der Waals surface area contributed by atoms with E-state index in [1.54, 1.807) is 6.07 Å². The summed E-state index contributed by atoms with van der Waals surface area (Å²) in [7, 11) is 0. The minimum Gasteiger partial charge on any atom is -0.508 e. The van der Waals surface area contributed by atoms with Gasteiger partial charge >= 0.3 is 0 Å². The zero-order valence-electron chi connectivity index (χ0n) is 11.8. The Hall–Kier alpha value is -1.28. The fraction of sp³-hybridized carbons (Fsp3) is 0.529. The molecular weight excluding hydrogens is 236 g/mol. The average Bonchev–Trinajstić information content (AvgIpc) is 2.36. The molecule has 1 aromatic rings. The van der Waals surface area contributed by atoms with Crippen molar-refractivity contribution in [2.24, 2.45) is 23.7 Å². The molecule has 0 unspecified atom stereocenters. The summed E-state index contributed by atoms with van der Waals surface area (Å²) in [6.45, 7) is 7.61. The Kier molecular flexibility index (Phi) is 3.14. The van der Waals surface area contributed by atoms with Gasteiger partial charge in [0.2, 0.25) is 0 Å². The van der Waals surface area contributed by atoms with E-state index >= 15 is 0 Å². The number of rotatable bonds is 1. The van der Waals surface area contributed by atoms with Gasteiger partial charge in [-0.25, -0.2) is 0 Å². The molecule has 5 atom stereocenters. The maximum absolute atomic E-state index is 10.1. The lowest BCUT2D eigenvalue weighted by Gasteiger charge is -2.47. The standard InChI is InChI=1S/C17H22O2/c1-10-8-11(2)16-12(3)14(10)9-19-17(16)13-6-4-5-7-15(13)18/h4-8,10,12,14,16-18H,9H2,1-3H3/t10-,12-,14+,16+,17+/m1/s1. The Morgan fingerprint density at radius 3 is 2.68 bits per heavy atom. The van der Waals surface area contributed by atoms with Gasteiger partial charge in [0.05, 0.1) is 12.7 Å². The van der Waals surface area contributed by atoms with E-state index in [9.17, 15) is 5.11 Å². The van der Waals surface area contributed by atoms with Crippen LogP contribution in [-0.2, 0) is 4.74 Å². The molecule has 1 aliphatic carbocycles. The lowest BCUT2D eigenvalue weighted by molar-refractivity contribution is -0.0941. The number of hydrogen-bond acceptors (Lipinski definition) is 2. The van der Waals surface area contributed by atoms with Crippen molar-refractivity contribution in [2.45, 2.75) is 26.9 Å². The van der Waals surface area contributed by atoms with Crippen LogP contribution < -0.4 is 0 Å². The topological polar surface area (TPSA) is 29.5 Å². The van der Waals surface area contributed by atoms with E-state index in [0.29, 0.717) is 29.4 Å². The molecule has 1 heterocycles. The van der Waals surface area contributed by atoms with Crippen molar-refractivity contribution < 1.29 is 9.84 Å². The minimum absolute atomic E-state index is 0.00352. The fourth-order valence-corrected chi connectivity index (χ4v) is 3.96. The molecule has 2 nitrogen and oxygen atoms in total. The summed E-state index contributed by atoms with van der Waals surface area (Å²) < 4.78 is 6.12. The van der Waals surface area contributed by atoms with Crippen molar-refractivity contribution in [3.63, 3.8) is 0 Å². The van der Waals surface area contributed by atoms with Crippen LogP contribution in [0.15, 0.2) is 35.9 Å². The summed E-state index contributed by atoms with van der Waals surface area (Å²) in [5.41, 5.74) is 2.34. The second-order valence-electron chi connectivity index (χ2n) is 6.13. The second kappa shape index (κ2) is 4.68. The average molecular weight is 258 g/mol. The van der Waals surface area contributed by atoms with Crippen molar-refractivity contribution in [2.75, 3.05) is 6.61 Å². The zero-order valence-corrected chi connectivity index (χ0v) is 11.8. The van der Waals surface area contributed by atoms with Crippen molar-refractivity contribution in [3.05, 3.63) is 41.5 Å². The Labute approximate surface area is 115 Å². The zero-order chi connectivity index (χ0) is 13.6. The van der Waals surface area contributed by atoms with Gasteiger partial charge in [-0.05, 0) is 30.7 Å². The molecule has 1 saturated heterocycles. The highest BCUT2D eigenvalue weighted by Gasteiger charge is 2.44. The molecule has 0 amide bonds. The van der Waals surface area contributed by atoms with Crippen LogP contribution in [0.1, 0.15) is 32.4 Å². The molecule has 1 aliphatic heterocycles.